The van der Waals surface area contributed by atoms with Crippen molar-refractivity contribution in [3.63, 3.8) is 0 Å². The average molecular weight is 700 g/mol. The first-order valence-electron chi connectivity index (χ1n) is 16.9. The standard InChI is InChI=1S/C43H42NO4PS/c1-35-30-32-41(33-31-35)50(46,47)42(44-49(45,39-25-13-5-14-26-39)40-27-15-6-16-28-40)29-17-18-34-48-43(36-19-7-2-8-20-36,37-21-9-3-10-22-37)38-23-11-4-12-24-38/h2-16,19-28,30-33,42H,17-18,29,34H2,1H3,(H,44,45). The van der Waals surface area contributed by atoms with E-state index in [0.29, 0.717) is 30.1 Å². The van der Waals surface area contributed by atoms with Gasteiger partial charge in [-0.2, -0.15) is 0 Å². The van der Waals surface area contributed by atoms with Gasteiger partial charge in [-0.25, -0.2) is 13.5 Å². The molecule has 1 unspecified atom stereocenters. The molecule has 0 aliphatic heterocycles. The van der Waals surface area contributed by atoms with Gasteiger partial charge in [-0.05, 0) is 79.3 Å². The van der Waals surface area contributed by atoms with Crippen LogP contribution in [0, 0.1) is 6.92 Å². The molecule has 0 radical (unpaired) electrons. The van der Waals surface area contributed by atoms with Crippen molar-refractivity contribution in [2.45, 2.75) is 42.1 Å². The van der Waals surface area contributed by atoms with Crippen molar-refractivity contribution < 1.29 is 17.7 Å². The Morgan fingerprint density at radius 1 is 0.580 bits per heavy atom. The van der Waals surface area contributed by atoms with E-state index in [1.54, 1.807) is 48.5 Å². The van der Waals surface area contributed by atoms with Crippen LogP contribution in [0.5, 0.6) is 0 Å². The number of aryl methyl sites for hydroxylation is 1. The van der Waals surface area contributed by atoms with Gasteiger partial charge in [-0.3, -0.25) is 4.57 Å². The van der Waals surface area contributed by atoms with Crippen LogP contribution in [-0.4, -0.2) is 20.4 Å². The van der Waals surface area contributed by atoms with Crippen molar-refractivity contribution in [1.29, 1.82) is 0 Å². The lowest BCUT2D eigenvalue weighted by atomic mass is 9.80. The summed E-state index contributed by atoms with van der Waals surface area (Å²) in [6.45, 7) is 2.29. The molecule has 0 amide bonds. The molecule has 0 aliphatic carbocycles. The van der Waals surface area contributed by atoms with Crippen molar-refractivity contribution in [3.8, 4) is 0 Å². The summed E-state index contributed by atoms with van der Waals surface area (Å²) >= 11 is 0. The summed E-state index contributed by atoms with van der Waals surface area (Å²) in [5.74, 6) is 0. The van der Waals surface area contributed by atoms with Crippen molar-refractivity contribution in [3.05, 3.63) is 198 Å². The lowest BCUT2D eigenvalue weighted by molar-refractivity contribution is 0.0106. The van der Waals surface area contributed by atoms with Gasteiger partial charge < -0.3 is 4.74 Å². The fourth-order valence-corrected chi connectivity index (χ4v) is 11.0. The predicted octanol–water partition coefficient (Wildman–Crippen LogP) is 8.79. The van der Waals surface area contributed by atoms with Crippen LogP contribution in [-0.2, 0) is 24.7 Å². The molecule has 0 aliphatic rings. The van der Waals surface area contributed by atoms with Crippen molar-refractivity contribution in [2.75, 3.05) is 6.61 Å². The highest BCUT2D eigenvalue weighted by atomic mass is 32.2. The fourth-order valence-electron chi connectivity index (χ4n) is 6.38. The normalized spacial score (nSPS) is 12.7. The summed E-state index contributed by atoms with van der Waals surface area (Å²) in [6.07, 6.45) is 1.33. The maximum atomic E-state index is 15.0. The molecular weight excluding hydrogens is 658 g/mol. The summed E-state index contributed by atoms with van der Waals surface area (Å²) < 4.78 is 50.7. The van der Waals surface area contributed by atoms with Gasteiger partial charge in [0.2, 0.25) is 7.29 Å². The van der Waals surface area contributed by atoms with Gasteiger partial charge in [0, 0.05) is 17.2 Å². The maximum absolute atomic E-state index is 15.0. The van der Waals surface area contributed by atoms with Crippen molar-refractivity contribution >= 4 is 27.7 Å². The van der Waals surface area contributed by atoms with E-state index in [2.05, 4.69) is 41.5 Å². The molecule has 50 heavy (non-hydrogen) atoms. The molecule has 1 atom stereocenters. The zero-order valence-electron chi connectivity index (χ0n) is 28.1. The Morgan fingerprint density at radius 2 is 0.980 bits per heavy atom. The Balaban J connectivity index is 1.30. The molecule has 0 aromatic heterocycles. The number of benzene rings is 6. The van der Waals surface area contributed by atoms with Gasteiger partial charge >= 0.3 is 0 Å². The largest absolute Gasteiger partial charge is 0.361 e. The van der Waals surface area contributed by atoms with Gasteiger partial charge in [-0.1, -0.05) is 145 Å². The van der Waals surface area contributed by atoms with Crippen LogP contribution in [0.2, 0.25) is 0 Å². The van der Waals surface area contributed by atoms with E-state index in [9.17, 15) is 8.42 Å². The van der Waals surface area contributed by atoms with Gasteiger partial charge in [0.1, 0.15) is 11.0 Å². The zero-order chi connectivity index (χ0) is 34.9. The van der Waals surface area contributed by atoms with Crippen LogP contribution in [0.4, 0.5) is 0 Å². The molecule has 0 heterocycles. The molecule has 0 spiro atoms. The van der Waals surface area contributed by atoms with E-state index < -0.39 is 28.1 Å². The van der Waals surface area contributed by atoms with Crippen LogP contribution in [0.15, 0.2) is 181 Å². The Labute approximate surface area is 296 Å². The predicted molar refractivity (Wildman–Crippen MR) is 204 cm³/mol. The van der Waals surface area contributed by atoms with Crippen LogP contribution in [0.25, 0.3) is 0 Å². The maximum Gasteiger partial charge on any atom is 0.205 e. The number of hydrogen-bond acceptors (Lipinski definition) is 4. The summed E-state index contributed by atoms with van der Waals surface area (Å²) in [6, 6.07) is 55.6. The molecule has 7 heteroatoms. The fraction of sp³-hybridized carbons (Fsp3) is 0.163. The molecule has 0 fully saturated rings. The van der Waals surface area contributed by atoms with E-state index >= 15 is 4.57 Å². The van der Waals surface area contributed by atoms with Gasteiger partial charge in [0.25, 0.3) is 0 Å². The molecular formula is C43H42NO4PS. The lowest BCUT2D eigenvalue weighted by Crippen LogP contribution is -2.40. The minimum atomic E-state index is -3.94. The zero-order valence-corrected chi connectivity index (χ0v) is 29.8. The third kappa shape index (κ3) is 7.60. The Morgan fingerprint density at radius 3 is 1.40 bits per heavy atom. The van der Waals surface area contributed by atoms with Crippen molar-refractivity contribution in [1.82, 2.24) is 5.09 Å². The van der Waals surface area contributed by atoms with Gasteiger partial charge in [-0.15, -0.1) is 0 Å². The second-order valence-corrected chi connectivity index (χ2v) is 17.0. The van der Waals surface area contributed by atoms with Crippen LogP contribution < -0.4 is 15.7 Å². The monoisotopic (exact) mass is 699 g/mol. The first-order chi connectivity index (χ1) is 24.3. The van der Waals surface area contributed by atoms with E-state index in [4.69, 9.17) is 4.74 Å². The smallest absolute Gasteiger partial charge is 0.205 e. The van der Waals surface area contributed by atoms with E-state index in [1.807, 2.05) is 97.9 Å². The number of unbranched alkanes of at least 4 members (excludes halogenated alkanes) is 1. The third-order valence-electron chi connectivity index (χ3n) is 9.01. The molecule has 5 nitrogen and oxygen atoms in total. The van der Waals surface area contributed by atoms with Crippen LogP contribution in [0.3, 0.4) is 0 Å². The molecule has 6 rings (SSSR count). The third-order valence-corrected chi connectivity index (χ3v) is 13.9. The van der Waals surface area contributed by atoms with Gasteiger partial charge in [0.05, 0.1) is 4.90 Å². The van der Waals surface area contributed by atoms with E-state index in [1.165, 1.54) is 0 Å². The number of sulfone groups is 1. The highest BCUT2D eigenvalue weighted by Crippen LogP contribution is 2.42. The number of nitrogens with one attached hydrogen (secondary N) is 1. The number of ether oxygens (including phenoxy) is 1. The van der Waals surface area contributed by atoms with E-state index in [0.717, 1.165) is 22.3 Å². The first kappa shape index (κ1) is 35.3. The topological polar surface area (TPSA) is 72.5 Å². The van der Waals surface area contributed by atoms with Crippen LogP contribution in [0.1, 0.15) is 41.5 Å². The molecule has 1 N–H and O–H groups in total. The molecule has 6 aromatic carbocycles. The number of hydrogen-bond donors (Lipinski definition) is 1. The summed E-state index contributed by atoms with van der Waals surface area (Å²) in [7, 11) is -7.51. The second kappa shape index (κ2) is 16.0. The highest BCUT2D eigenvalue weighted by molar-refractivity contribution is 7.92. The SMILES string of the molecule is Cc1ccc(S(=O)(=O)C(CCCCOC(c2ccccc2)(c2ccccc2)c2ccccc2)NP(=O)(c2ccccc2)c2ccccc2)cc1. The summed E-state index contributed by atoms with van der Waals surface area (Å²) in [5, 5.41) is 3.22. The lowest BCUT2D eigenvalue weighted by Gasteiger charge is -2.36. The highest BCUT2D eigenvalue weighted by Gasteiger charge is 2.38. The van der Waals surface area contributed by atoms with Gasteiger partial charge in [0.15, 0.2) is 9.84 Å². The molecule has 254 valence electrons. The average Bonchev–Trinajstić information content (AvgIpc) is 3.17. The Kier molecular flexibility index (Phi) is 11.3. The molecule has 0 bridgehead atoms. The minimum absolute atomic E-state index is 0.195. The van der Waals surface area contributed by atoms with Crippen molar-refractivity contribution in [2.24, 2.45) is 0 Å². The Hall–Kier alpha value is -4.58. The molecule has 0 saturated carbocycles. The second-order valence-electron chi connectivity index (χ2n) is 12.4. The first-order valence-corrected chi connectivity index (χ1v) is 20.2. The quantitative estimate of drug-likeness (QED) is 0.0659. The van der Waals surface area contributed by atoms with Crippen LogP contribution >= 0.6 is 7.29 Å². The summed E-state index contributed by atoms with van der Waals surface area (Å²) in [5.41, 5.74) is 3.11. The Bertz CT molecular complexity index is 1950. The molecule has 0 saturated heterocycles. The minimum Gasteiger partial charge on any atom is -0.361 e. The van der Waals surface area contributed by atoms with E-state index in [-0.39, 0.29) is 11.3 Å². The molecule has 6 aromatic rings. The number of rotatable bonds is 15. The summed E-state index contributed by atoms with van der Waals surface area (Å²) in [4.78, 5) is 0.195.